The van der Waals surface area contributed by atoms with Gasteiger partial charge in [-0.3, -0.25) is 0 Å². The average Bonchev–Trinajstić information content (AvgIpc) is 2.59. The Labute approximate surface area is 118 Å². The summed E-state index contributed by atoms with van der Waals surface area (Å²) >= 11 is 0. The molecule has 1 aliphatic carbocycles. The maximum Gasteiger partial charge on any atom is 0.105 e. The first-order chi connectivity index (χ1) is 9.01. The zero-order valence-electron chi connectivity index (χ0n) is 12.8. The van der Waals surface area contributed by atoms with Gasteiger partial charge in [0.25, 0.3) is 0 Å². The van der Waals surface area contributed by atoms with Crippen molar-refractivity contribution in [3.63, 3.8) is 0 Å². The molecule has 1 heterocycles. The van der Waals surface area contributed by atoms with Crippen molar-refractivity contribution in [2.45, 2.75) is 77.0 Å². The number of hydrogen-bond donors (Lipinski definition) is 2. The van der Waals surface area contributed by atoms with E-state index in [2.05, 4.69) is 19.2 Å². The van der Waals surface area contributed by atoms with Crippen LogP contribution < -0.4 is 5.32 Å². The molecule has 0 aromatic rings. The molecule has 0 spiro atoms. The summed E-state index contributed by atoms with van der Waals surface area (Å²) in [7, 11) is 0. The molecule has 2 fully saturated rings. The van der Waals surface area contributed by atoms with Gasteiger partial charge in [0.15, 0.2) is 0 Å². The summed E-state index contributed by atoms with van der Waals surface area (Å²) in [6.45, 7) is 8.05. The van der Waals surface area contributed by atoms with E-state index in [-0.39, 0.29) is 6.10 Å². The summed E-state index contributed by atoms with van der Waals surface area (Å²) < 4.78 is 5.49. The van der Waals surface area contributed by atoms with Crippen molar-refractivity contribution >= 4 is 0 Å². The van der Waals surface area contributed by atoms with Crippen LogP contribution in [0.4, 0.5) is 0 Å². The summed E-state index contributed by atoms with van der Waals surface area (Å²) in [5, 5.41) is 14.1. The smallest absolute Gasteiger partial charge is 0.105 e. The molecule has 0 aromatic heterocycles. The molecule has 112 valence electrons. The van der Waals surface area contributed by atoms with Crippen LogP contribution in [0.1, 0.15) is 59.3 Å². The van der Waals surface area contributed by atoms with Gasteiger partial charge in [-0.15, -0.1) is 0 Å². The Hall–Kier alpha value is -0.120. The molecule has 1 saturated heterocycles. The quantitative estimate of drug-likeness (QED) is 0.771. The van der Waals surface area contributed by atoms with Crippen molar-refractivity contribution in [1.29, 1.82) is 0 Å². The zero-order chi connectivity index (χ0) is 13.9. The maximum absolute atomic E-state index is 10.5. The predicted octanol–water partition coefficient (Wildman–Crippen LogP) is 2.72. The molecular weight excluding hydrogens is 238 g/mol. The van der Waals surface area contributed by atoms with Gasteiger partial charge < -0.3 is 15.2 Å². The fraction of sp³-hybridized carbons (Fsp3) is 1.00. The van der Waals surface area contributed by atoms with E-state index in [1.807, 2.05) is 6.92 Å². The lowest BCUT2D eigenvalue weighted by Crippen LogP contribution is -2.48. The minimum Gasteiger partial charge on any atom is -0.386 e. The highest BCUT2D eigenvalue weighted by Gasteiger charge is 2.39. The Morgan fingerprint density at radius 3 is 2.68 bits per heavy atom. The first kappa shape index (κ1) is 15.3. The van der Waals surface area contributed by atoms with E-state index in [4.69, 9.17) is 4.74 Å². The molecule has 2 aliphatic rings. The number of ether oxygens (including phenoxy) is 1. The summed E-state index contributed by atoms with van der Waals surface area (Å²) in [5.74, 6) is 1.70. The Morgan fingerprint density at radius 2 is 2.05 bits per heavy atom. The van der Waals surface area contributed by atoms with E-state index in [9.17, 15) is 5.11 Å². The molecule has 2 N–H and O–H groups in total. The maximum atomic E-state index is 10.5. The molecule has 4 atom stereocenters. The largest absolute Gasteiger partial charge is 0.386 e. The Balaban J connectivity index is 1.77. The molecule has 0 aromatic carbocycles. The van der Waals surface area contributed by atoms with Gasteiger partial charge in [0.05, 0.1) is 6.10 Å². The highest BCUT2D eigenvalue weighted by Crippen LogP contribution is 2.30. The van der Waals surface area contributed by atoms with Crippen LogP contribution in [-0.2, 0) is 4.74 Å². The summed E-state index contributed by atoms with van der Waals surface area (Å²) in [6.07, 6.45) is 7.28. The highest BCUT2D eigenvalue weighted by atomic mass is 16.5. The first-order valence-electron chi connectivity index (χ1n) is 8.08. The van der Waals surface area contributed by atoms with Gasteiger partial charge in [0.1, 0.15) is 5.60 Å². The van der Waals surface area contributed by atoms with Crippen LogP contribution in [-0.4, -0.2) is 36.0 Å². The van der Waals surface area contributed by atoms with Gasteiger partial charge in [-0.25, -0.2) is 0 Å². The van der Waals surface area contributed by atoms with Gasteiger partial charge in [0.2, 0.25) is 0 Å². The van der Waals surface area contributed by atoms with Crippen LogP contribution in [0.25, 0.3) is 0 Å². The predicted molar refractivity (Wildman–Crippen MR) is 78.2 cm³/mol. The average molecular weight is 269 g/mol. The number of nitrogens with one attached hydrogen (secondary N) is 1. The third kappa shape index (κ3) is 3.93. The fourth-order valence-electron chi connectivity index (χ4n) is 3.53. The van der Waals surface area contributed by atoms with E-state index < -0.39 is 5.60 Å². The van der Waals surface area contributed by atoms with E-state index in [0.29, 0.717) is 19.2 Å². The molecular formula is C16H31NO2. The number of hydrogen-bond acceptors (Lipinski definition) is 3. The van der Waals surface area contributed by atoms with E-state index >= 15 is 0 Å². The van der Waals surface area contributed by atoms with Gasteiger partial charge >= 0.3 is 0 Å². The minimum atomic E-state index is -0.649. The van der Waals surface area contributed by atoms with Gasteiger partial charge in [-0.1, -0.05) is 26.7 Å². The summed E-state index contributed by atoms with van der Waals surface area (Å²) in [5.41, 5.74) is -0.649. The van der Waals surface area contributed by atoms with Gasteiger partial charge in [0, 0.05) is 25.6 Å². The Morgan fingerprint density at radius 1 is 1.26 bits per heavy atom. The molecule has 3 nitrogen and oxygen atoms in total. The lowest BCUT2D eigenvalue weighted by Gasteiger charge is -2.29. The Kier molecular flexibility index (Phi) is 5.27. The number of rotatable bonds is 4. The van der Waals surface area contributed by atoms with Gasteiger partial charge in [-0.05, 0) is 38.0 Å². The van der Waals surface area contributed by atoms with Crippen molar-refractivity contribution in [2.24, 2.45) is 11.8 Å². The Bertz CT molecular complexity index is 282. The highest BCUT2D eigenvalue weighted by molar-refractivity contribution is 4.92. The van der Waals surface area contributed by atoms with Crippen LogP contribution in [0.15, 0.2) is 0 Å². The van der Waals surface area contributed by atoms with E-state index in [1.54, 1.807) is 0 Å². The van der Waals surface area contributed by atoms with E-state index in [0.717, 1.165) is 18.3 Å². The molecule has 0 amide bonds. The molecule has 19 heavy (non-hydrogen) atoms. The summed E-state index contributed by atoms with van der Waals surface area (Å²) in [4.78, 5) is 0. The topological polar surface area (TPSA) is 41.5 Å². The molecule has 2 rings (SSSR count). The minimum absolute atomic E-state index is 0.0332. The fourth-order valence-corrected chi connectivity index (χ4v) is 3.53. The van der Waals surface area contributed by atoms with Crippen LogP contribution >= 0.6 is 0 Å². The van der Waals surface area contributed by atoms with Crippen molar-refractivity contribution in [3.8, 4) is 0 Å². The van der Waals surface area contributed by atoms with Crippen molar-refractivity contribution < 1.29 is 9.84 Å². The molecule has 1 saturated carbocycles. The lowest BCUT2D eigenvalue weighted by atomic mass is 9.89. The van der Waals surface area contributed by atoms with Crippen LogP contribution in [0, 0.1) is 11.8 Å². The summed E-state index contributed by atoms with van der Waals surface area (Å²) in [6, 6.07) is 0.584. The second-order valence-corrected chi connectivity index (χ2v) is 6.96. The molecule has 1 aliphatic heterocycles. The van der Waals surface area contributed by atoms with Crippen LogP contribution in [0.5, 0.6) is 0 Å². The third-order valence-corrected chi connectivity index (χ3v) is 5.31. The first-order valence-corrected chi connectivity index (χ1v) is 8.08. The molecule has 4 unspecified atom stereocenters. The normalized spacial score (nSPS) is 40.6. The molecule has 0 bridgehead atoms. The molecule has 0 radical (unpaired) electrons. The lowest BCUT2D eigenvalue weighted by molar-refractivity contribution is -0.0279. The van der Waals surface area contributed by atoms with E-state index in [1.165, 1.54) is 32.1 Å². The van der Waals surface area contributed by atoms with Crippen LogP contribution in [0.3, 0.4) is 0 Å². The number of aliphatic hydroxyl groups is 1. The van der Waals surface area contributed by atoms with Crippen molar-refractivity contribution in [2.75, 3.05) is 13.2 Å². The second-order valence-electron chi connectivity index (χ2n) is 6.96. The molecule has 3 heteroatoms. The van der Waals surface area contributed by atoms with Crippen LogP contribution in [0.2, 0.25) is 0 Å². The zero-order valence-corrected chi connectivity index (χ0v) is 12.8. The SMILES string of the molecule is CC(C)C1CCCC(NCC2(O)CCOC2C)CC1. The van der Waals surface area contributed by atoms with Crippen molar-refractivity contribution in [3.05, 3.63) is 0 Å². The van der Waals surface area contributed by atoms with Gasteiger partial charge in [-0.2, -0.15) is 0 Å². The second kappa shape index (κ2) is 6.55. The monoisotopic (exact) mass is 269 g/mol. The third-order valence-electron chi connectivity index (χ3n) is 5.31. The van der Waals surface area contributed by atoms with Crippen molar-refractivity contribution in [1.82, 2.24) is 5.32 Å². The standard InChI is InChI=1S/C16H31NO2/c1-12(2)14-5-4-6-15(8-7-14)17-11-16(18)9-10-19-13(16)3/h12-15,17-18H,4-11H2,1-3H3.